The summed E-state index contributed by atoms with van der Waals surface area (Å²) in [4.78, 5) is 0. The van der Waals surface area contributed by atoms with Gasteiger partial charge in [0.2, 0.25) is 0 Å². The summed E-state index contributed by atoms with van der Waals surface area (Å²) in [6.45, 7) is 3.12. The minimum Gasteiger partial charge on any atom is -0.249 e. The molecule has 2 aliphatic rings. The Hall–Kier alpha value is -0.160. The molecule has 0 N–H and O–H groups in total. The Morgan fingerprint density at radius 1 is 0.955 bits per heavy atom. The van der Waals surface area contributed by atoms with E-state index in [4.69, 9.17) is 0 Å². The summed E-state index contributed by atoms with van der Waals surface area (Å²) in [5.74, 6) is 2.17. The molecular formula is C17H29N3S2. The quantitative estimate of drug-likeness (QED) is 0.717. The monoisotopic (exact) mass is 339 g/mol. The predicted octanol–water partition coefficient (Wildman–Crippen LogP) is 5.04. The van der Waals surface area contributed by atoms with Gasteiger partial charge >= 0.3 is 0 Å². The fraction of sp³-hybridized carbons (Fsp3) is 0.882. The molecule has 0 radical (unpaired) electrons. The molecule has 0 amide bonds. The minimum atomic E-state index is 0.827. The van der Waals surface area contributed by atoms with Gasteiger partial charge in [0.1, 0.15) is 0 Å². The second-order valence-electron chi connectivity index (χ2n) is 6.60. The molecule has 124 valence electrons. The molecule has 1 aliphatic heterocycles. The maximum Gasteiger partial charge on any atom is 0.0966 e. The Morgan fingerprint density at radius 2 is 1.59 bits per heavy atom. The van der Waals surface area contributed by atoms with Gasteiger partial charge in [0.25, 0.3) is 0 Å². The van der Waals surface area contributed by atoms with E-state index in [0.29, 0.717) is 0 Å². The molecule has 1 aromatic heterocycles. The molecule has 1 saturated carbocycles. The standard InChI is InChI=1S/C17H29N3S2/c1-2-20-17-13-22-15-10-8-6-4-3-5-7-9-14(11-15)21-12-16(17)18-19-20/h14-15H,2-13H2,1H3. The Bertz CT molecular complexity index is 461. The minimum absolute atomic E-state index is 0.827. The van der Waals surface area contributed by atoms with Crippen LogP contribution in [0.4, 0.5) is 0 Å². The van der Waals surface area contributed by atoms with Crippen LogP contribution in [0.25, 0.3) is 0 Å². The highest BCUT2D eigenvalue weighted by atomic mass is 32.2. The van der Waals surface area contributed by atoms with Crippen LogP contribution in [-0.2, 0) is 18.1 Å². The summed E-state index contributed by atoms with van der Waals surface area (Å²) in [5, 5.41) is 10.5. The maximum absolute atomic E-state index is 4.46. The van der Waals surface area contributed by atoms with E-state index in [-0.39, 0.29) is 0 Å². The van der Waals surface area contributed by atoms with Crippen LogP contribution in [0.1, 0.15) is 76.1 Å². The number of thioether (sulfide) groups is 2. The van der Waals surface area contributed by atoms with Crippen LogP contribution in [-0.4, -0.2) is 25.5 Å². The number of aromatic nitrogens is 3. The summed E-state index contributed by atoms with van der Waals surface area (Å²) in [6.07, 6.45) is 12.8. The molecule has 0 saturated heterocycles. The largest absolute Gasteiger partial charge is 0.249 e. The van der Waals surface area contributed by atoms with Crippen molar-refractivity contribution in [2.75, 3.05) is 0 Å². The highest BCUT2D eigenvalue weighted by molar-refractivity contribution is 8.00. The van der Waals surface area contributed by atoms with Gasteiger partial charge in [-0.25, -0.2) is 4.68 Å². The van der Waals surface area contributed by atoms with Gasteiger partial charge in [0, 0.05) is 28.6 Å². The van der Waals surface area contributed by atoms with Crippen LogP contribution in [0.2, 0.25) is 0 Å². The van der Waals surface area contributed by atoms with Crippen molar-refractivity contribution in [3.63, 3.8) is 0 Å². The molecule has 0 spiro atoms. The highest BCUT2D eigenvalue weighted by Gasteiger charge is 2.23. The lowest BCUT2D eigenvalue weighted by Crippen LogP contribution is -2.13. The summed E-state index contributed by atoms with van der Waals surface area (Å²) in [6, 6.07) is 0. The average Bonchev–Trinajstić information content (AvgIpc) is 2.92. The van der Waals surface area contributed by atoms with Crippen molar-refractivity contribution in [2.24, 2.45) is 0 Å². The third-order valence-corrected chi connectivity index (χ3v) is 7.64. The lowest BCUT2D eigenvalue weighted by Gasteiger charge is -2.21. The van der Waals surface area contributed by atoms with Crippen LogP contribution in [0.15, 0.2) is 0 Å². The molecule has 22 heavy (non-hydrogen) atoms. The van der Waals surface area contributed by atoms with Crippen LogP contribution >= 0.6 is 23.5 Å². The SMILES string of the molecule is CCn1nnc2c1CSC1CCCCCCCCC(C1)SC2. The van der Waals surface area contributed by atoms with Gasteiger partial charge in [0.15, 0.2) is 0 Å². The first-order chi connectivity index (χ1) is 10.9. The van der Waals surface area contributed by atoms with Crippen molar-refractivity contribution < 1.29 is 0 Å². The second kappa shape index (κ2) is 8.62. The summed E-state index contributed by atoms with van der Waals surface area (Å²) in [5.41, 5.74) is 2.63. The Kier molecular flexibility index (Phi) is 6.54. The molecule has 1 aliphatic carbocycles. The van der Waals surface area contributed by atoms with Crippen molar-refractivity contribution in [3.8, 4) is 0 Å². The van der Waals surface area contributed by atoms with E-state index in [1.807, 2.05) is 0 Å². The van der Waals surface area contributed by atoms with E-state index in [1.54, 1.807) is 0 Å². The second-order valence-corrected chi connectivity index (χ2v) is 9.18. The first-order valence-electron chi connectivity index (χ1n) is 9.01. The van der Waals surface area contributed by atoms with Crippen LogP contribution in [0, 0.1) is 0 Å². The first-order valence-corrected chi connectivity index (χ1v) is 11.1. The summed E-state index contributed by atoms with van der Waals surface area (Å²) >= 11 is 4.32. The van der Waals surface area contributed by atoms with Gasteiger partial charge in [-0.2, -0.15) is 23.5 Å². The van der Waals surface area contributed by atoms with Gasteiger partial charge in [-0.15, -0.1) is 5.10 Å². The van der Waals surface area contributed by atoms with Crippen molar-refractivity contribution in [1.29, 1.82) is 0 Å². The molecule has 2 unspecified atom stereocenters. The van der Waals surface area contributed by atoms with Crippen LogP contribution in [0.3, 0.4) is 0 Å². The molecule has 1 fully saturated rings. The number of rotatable bonds is 1. The highest BCUT2D eigenvalue weighted by Crippen LogP contribution is 2.36. The van der Waals surface area contributed by atoms with E-state index in [0.717, 1.165) is 28.6 Å². The molecule has 2 atom stereocenters. The van der Waals surface area contributed by atoms with E-state index >= 15 is 0 Å². The lowest BCUT2D eigenvalue weighted by molar-refractivity contribution is 0.587. The topological polar surface area (TPSA) is 30.7 Å². The van der Waals surface area contributed by atoms with Gasteiger partial charge in [-0.05, 0) is 26.2 Å². The van der Waals surface area contributed by atoms with E-state index in [2.05, 4.69) is 45.4 Å². The average molecular weight is 340 g/mol. The smallest absolute Gasteiger partial charge is 0.0966 e. The van der Waals surface area contributed by atoms with E-state index in [9.17, 15) is 0 Å². The van der Waals surface area contributed by atoms with Crippen molar-refractivity contribution in [1.82, 2.24) is 15.0 Å². The Labute approximate surface area is 143 Å². The number of nitrogens with zero attached hydrogens (tertiary/aromatic N) is 3. The van der Waals surface area contributed by atoms with E-state index in [1.165, 1.54) is 69.2 Å². The molecule has 2 heterocycles. The maximum atomic E-state index is 4.46. The van der Waals surface area contributed by atoms with Crippen molar-refractivity contribution in [3.05, 3.63) is 11.4 Å². The normalized spacial score (nSPS) is 27.9. The zero-order valence-electron chi connectivity index (χ0n) is 13.8. The molecule has 3 rings (SSSR count). The molecule has 0 aromatic carbocycles. The number of fused-ring (bicyclic) bond motifs is 3. The third-order valence-electron chi connectivity index (χ3n) is 4.96. The Balaban J connectivity index is 1.74. The number of hydrogen-bond acceptors (Lipinski definition) is 4. The lowest BCUT2D eigenvalue weighted by atomic mass is 10.1. The predicted molar refractivity (Wildman–Crippen MR) is 97.4 cm³/mol. The number of aryl methyl sites for hydroxylation is 1. The molecule has 5 heteroatoms. The molecule has 1 aromatic rings. The summed E-state index contributed by atoms with van der Waals surface area (Å²) in [7, 11) is 0. The third kappa shape index (κ3) is 4.44. The molecule has 2 bridgehead atoms. The Morgan fingerprint density at radius 3 is 2.27 bits per heavy atom. The van der Waals surface area contributed by atoms with Gasteiger partial charge < -0.3 is 0 Å². The van der Waals surface area contributed by atoms with Crippen LogP contribution < -0.4 is 0 Å². The van der Waals surface area contributed by atoms with Crippen molar-refractivity contribution >= 4 is 23.5 Å². The molecule has 3 nitrogen and oxygen atoms in total. The zero-order chi connectivity index (χ0) is 15.2. The number of hydrogen-bond donors (Lipinski definition) is 0. The van der Waals surface area contributed by atoms with Gasteiger partial charge in [-0.3, -0.25) is 0 Å². The fourth-order valence-electron chi connectivity index (χ4n) is 3.57. The van der Waals surface area contributed by atoms with Crippen LogP contribution in [0.5, 0.6) is 0 Å². The van der Waals surface area contributed by atoms with Crippen molar-refractivity contribution in [2.45, 2.75) is 93.3 Å². The fourth-order valence-corrected chi connectivity index (χ4v) is 6.42. The molecular weight excluding hydrogens is 310 g/mol. The van der Waals surface area contributed by atoms with E-state index < -0.39 is 0 Å². The zero-order valence-corrected chi connectivity index (χ0v) is 15.4. The summed E-state index contributed by atoms with van der Waals surface area (Å²) < 4.78 is 2.11. The van der Waals surface area contributed by atoms with Gasteiger partial charge in [0.05, 0.1) is 11.4 Å². The van der Waals surface area contributed by atoms with Gasteiger partial charge in [-0.1, -0.05) is 43.7 Å². The first kappa shape index (κ1) is 16.7.